The second-order valence-corrected chi connectivity index (χ2v) is 15.3. The van der Waals surface area contributed by atoms with Gasteiger partial charge in [0.2, 0.25) is 0 Å². The summed E-state index contributed by atoms with van der Waals surface area (Å²) in [7, 11) is 2.94. The number of phenols is 1. The normalized spacial score (nSPS) is 18.8. The highest BCUT2D eigenvalue weighted by atomic mass is 16.6. The smallest absolute Gasteiger partial charge is 0.197 e. The largest absolute Gasteiger partial charge is 0.507 e. The number of ether oxygens (including phenoxy) is 7. The van der Waals surface area contributed by atoms with Crippen LogP contribution in [-0.4, -0.2) is 61.2 Å². The monoisotopic (exact) mass is 862 g/mol. The Morgan fingerprint density at radius 3 is 1.67 bits per heavy atom. The van der Waals surface area contributed by atoms with Gasteiger partial charge in [0.05, 0.1) is 64.5 Å². The first-order valence-electron chi connectivity index (χ1n) is 21.0. The van der Waals surface area contributed by atoms with Crippen molar-refractivity contribution < 1.29 is 52.6 Å². The van der Waals surface area contributed by atoms with Gasteiger partial charge < -0.3 is 47.8 Å². The Bertz CT molecular complexity index is 2590. The Hall–Kier alpha value is -6.73. The number of benzene rings is 6. The second kappa shape index (κ2) is 21.1. The second-order valence-electron chi connectivity index (χ2n) is 15.3. The number of aliphatic hydroxyl groups is 1. The van der Waals surface area contributed by atoms with Gasteiger partial charge in [0.1, 0.15) is 64.7 Å². The van der Waals surface area contributed by atoms with E-state index in [9.17, 15) is 15.0 Å². The van der Waals surface area contributed by atoms with Crippen molar-refractivity contribution in [2.75, 3.05) is 20.8 Å². The molecule has 5 atom stereocenters. The minimum absolute atomic E-state index is 0.0510. The van der Waals surface area contributed by atoms with Gasteiger partial charge in [-0.05, 0) is 52.6 Å². The minimum Gasteiger partial charge on any atom is -0.507 e. The van der Waals surface area contributed by atoms with Crippen molar-refractivity contribution in [3.05, 3.63) is 203 Å². The van der Waals surface area contributed by atoms with Crippen LogP contribution in [0, 0.1) is 0 Å². The lowest BCUT2D eigenvalue weighted by molar-refractivity contribution is -0.275. The molecule has 0 unspecified atom stereocenters. The van der Waals surface area contributed by atoms with Crippen LogP contribution in [0.5, 0.6) is 17.2 Å². The lowest BCUT2D eigenvalue weighted by Gasteiger charge is -2.46. The summed E-state index contributed by atoms with van der Waals surface area (Å²) in [5.74, 6) is -0.903. The van der Waals surface area contributed by atoms with E-state index in [0.29, 0.717) is 23.3 Å². The topological polar surface area (TPSA) is 135 Å². The molecular weight excluding hydrogens is 813 g/mol. The summed E-state index contributed by atoms with van der Waals surface area (Å²) >= 11 is 0. The molecule has 328 valence electrons. The number of furan rings is 1. The highest BCUT2D eigenvalue weighted by Gasteiger charge is 2.51. The first-order valence-corrected chi connectivity index (χ1v) is 21.0. The van der Waals surface area contributed by atoms with Crippen molar-refractivity contribution in [3.8, 4) is 17.2 Å². The molecule has 8 rings (SSSR count). The number of ketones is 1. The first kappa shape index (κ1) is 43.9. The average molecular weight is 863 g/mol. The van der Waals surface area contributed by atoms with E-state index in [1.165, 1.54) is 20.5 Å². The van der Waals surface area contributed by atoms with Crippen LogP contribution in [0.25, 0.3) is 16.7 Å². The van der Waals surface area contributed by atoms with Gasteiger partial charge in [0.25, 0.3) is 0 Å². The molecule has 0 aliphatic carbocycles. The Morgan fingerprint density at radius 1 is 0.625 bits per heavy atom. The summed E-state index contributed by atoms with van der Waals surface area (Å²) in [5, 5.41) is 24.2. The van der Waals surface area contributed by atoms with E-state index < -0.39 is 42.1 Å². The SMILES string of the molecule is COc1ccc(/C(O)=C\C(=O)c2c(O)c([C@@H]3O[C@H](COCc4ccccc4)[C@@H](OCc4ccccc4)[C@H](OCc4ccccc4)[C@H]3OCc3ccccc3)c3occc3c2OC)cc1. The molecule has 2 heterocycles. The van der Waals surface area contributed by atoms with Crippen molar-refractivity contribution in [2.24, 2.45) is 0 Å². The molecule has 1 aromatic heterocycles. The maximum absolute atomic E-state index is 14.4. The summed E-state index contributed by atoms with van der Waals surface area (Å²) in [6.45, 7) is 0.906. The van der Waals surface area contributed by atoms with Crippen molar-refractivity contribution in [2.45, 2.75) is 56.9 Å². The minimum atomic E-state index is -1.14. The van der Waals surface area contributed by atoms with Crippen LogP contribution in [0.4, 0.5) is 0 Å². The average Bonchev–Trinajstić information content (AvgIpc) is 3.83. The van der Waals surface area contributed by atoms with Crippen molar-refractivity contribution in [3.63, 3.8) is 0 Å². The molecule has 0 bridgehead atoms. The lowest BCUT2D eigenvalue weighted by atomic mass is 9.87. The zero-order valence-corrected chi connectivity index (χ0v) is 35.6. The number of phenolic OH excluding ortho intramolecular Hbond substituents is 1. The fourth-order valence-electron chi connectivity index (χ4n) is 7.95. The number of rotatable bonds is 19. The van der Waals surface area contributed by atoms with Gasteiger partial charge >= 0.3 is 0 Å². The van der Waals surface area contributed by atoms with Gasteiger partial charge in [-0.15, -0.1) is 0 Å². The number of hydrogen-bond donors (Lipinski definition) is 2. The Labute approximate surface area is 372 Å². The maximum atomic E-state index is 14.4. The molecule has 1 aliphatic heterocycles. The molecule has 2 N–H and O–H groups in total. The summed E-state index contributed by atoms with van der Waals surface area (Å²) in [4.78, 5) is 14.4. The van der Waals surface area contributed by atoms with E-state index in [1.807, 2.05) is 121 Å². The molecule has 7 aromatic rings. The van der Waals surface area contributed by atoms with E-state index in [4.69, 9.17) is 37.6 Å². The van der Waals surface area contributed by atoms with Crippen LogP contribution in [-0.2, 0) is 50.1 Å². The van der Waals surface area contributed by atoms with E-state index >= 15 is 0 Å². The summed E-state index contributed by atoms with van der Waals surface area (Å²) < 4.78 is 51.5. The molecule has 0 amide bonds. The van der Waals surface area contributed by atoms with Gasteiger partial charge in [0, 0.05) is 11.6 Å². The number of hydrogen-bond acceptors (Lipinski definition) is 11. The van der Waals surface area contributed by atoms with Gasteiger partial charge in [-0.1, -0.05) is 121 Å². The van der Waals surface area contributed by atoms with Crippen LogP contribution in [0.2, 0.25) is 0 Å². The lowest BCUT2D eigenvalue weighted by Crippen LogP contribution is -2.58. The maximum Gasteiger partial charge on any atom is 0.197 e. The van der Waals surface area contributed by atoms with Crippen LogP contribution >= 0.6 is 0 Å². The molecule has 11 nitrogen and oxygen atoms in total. The quantitative estimate of drug-likeness (QED) is 0.0457. The number of carbonyl (C=O) groups is 1. The number of aromatic hydroxyl groups is 1. The molecule has 0 spiro atoms. The molecule has 6 aromatic carbocycles. The predicted octanol–water partition coefficient (Wildman–Crippen LogP) is 10.4. The zero-order chi connectivity index (χ0) is 44.3. The third-order valence-corrected chi connectivity index (χ3v) is 11.1. The summed E-state index contributed by atoms with van der Waals surface area (Å²) in [6.07, 6.45) is -2.05. The molecule has 64 heavy (non-hydrogen) atoms. The Kier molecular flexibility index (Phi) is 14.5. The summed E-state index contributed by atoms with van der Waals surface area (Å²) in [5.41, 5.74) is 4.20. The van der Waals surface area contributed by atoms with Crippen molar-refractivity contribution in [1.29, 1.82) is 0 Å². The fourth-order valence-corrected chi connectivity index (χ4v) is 7.95. The number of methoxy groups -OCH3 is 2. The highest BCUT2D eigenvalue weighted by molar-refractivity contribution is 6.15. The van der Waals surface area contributed by atoms with E-state index in [0.717, 1.165) is 28.3 Å². The molecule has 11 heteroatoms. The standard InChI is InChI=1S/C53H50O11/c1-57-40-25-23-39(24-26-40)42(54)29-43(55)45-47(56)46(49-41(27-28-60-49)48(45)58-2)51-53(63-33-38-21-13-6-14-22-38)52(62-32-37-19-11-5-12-20-37)50(61-31-36-17-9-4-10-18-36)44(64-51)34-59-30-35-15-7-3-8-16-35/h3-29,44,50-54,56H,30-34H2,1-2H3/b42-29+/t44-,50-,51+,52+,53+/m1/s1. The van der Waals surface area contributed by atoms with Crippen LogP contribution in [0.3, 0.4) is 0 Å². The van der Waals surface area contributed by atoms with Crippen LogP contribution < -0.4 is 9.47 Å². The fraction of sp³-hybridized carbons (Fsp3) is 0.226. The van der Waals surface area contributed by atoms with Gasteiger partial charge in [0.15, 0.2) is 5.78 Å². The Balaban J connectivity index is 1.26. The first-order chi connectivity index (χ1) is 31.4. The number of allylic oxidation sites excluding steroid dienone is 1. The zero-order valence-electron chi connectivity index (χ0n) is 35.6. The van der Waals surface area contributed by atoms with Crippen LogP contribution in [0.15, 0.2) is 168 Å². The van der Waals surface area contributed by atoms with Crippen molar-refractivity contribution >= 4 is 22.5 Å². The van der Waals surface area contributed by atoms with E-state index in [-0.39, 0.29) is 54.6 Å². The van der Waals surface area contributed by atoms with Crippen molar-refractivity contribution in [1.82, 2.24) is 0 Å². The summed E-state index contributed by atoms with van der Waals surface area (Å²) in [6, 6.07) is 47.3. The molecule has 1 aliphatic rings. The number of fused-ring (bicyclic) bond motifs is 1. The van der Waals surface area contributed by atoms with E-state index in [2.05, 4.69) is 0 Å². The highest BCUT2D eigenvalue weighted by Crippen LogP contribution is 2.49. The third-order valence-electron chi connectivity index (χ3n) is 11.1. The number of aliphatic hydroxyl groups excluding tert-OH is 1. The Morgan fingerprint density at radius 2 is 1.14 bits per heavy atom. The molecule has 0 saturated carbocycles. The van der Waals surface area contributed by atoms with Gasteiger partial charge in [-0.3, -0.25) is 4.79 Å². The van der Waals surface area contributed by atoms with E-state index in [1.54, 1.807) is 30.3 Å². The van der Waals surface area contributed by atoms with Gasteiger partial charge in [-0.2, -0.15) is 0 Å². The number of carbonyl (C=O) groups excluding carboxylic acids is 1. The third kappa shape index (κ3) is 10.2. The molecule has 1 fully saturated rings. The van der Waals surface area contributed by atoms with Crippen LogP contribution in [0.1, 0.15) is 49.8 Å². The molecule has 0 radical (unpaired) electrons. The predicted molar refractivity (Wildman–Crippen MR) is 241 cm³/mol. The van der Waals surface area contributed by atoms with Gasteiger partial charge in [-0.25, -0.2) is 0 Å². The molecule has 1 saturated heterocycles. The molecular formula is C53H50O11.